The van der Waals surface area contributed by atoms with Crippen LogP contribution in [-0.2, 0) is 16.1 Å². The summed E-state index contributed by atoms with van der Waals surface area (Å²) in [6, 6.07) is 1.69. The van der Waals surface area contributed by atoms with Crippen LogP contribution in [0.15, 0.2) is 18.6 Å². The number of hydrogen-bond acceptors (Lipinski definition) is 5. The highest BCUT2D eigenvalue weighted by molar-refractivity contribution is 5.85. The third-order valence-corrected chi connectivity index (χ3v) is 1.74. The number of hydrogen-bond donors (Lipinski definition) is 3. The van der Waals surface area contributed by atoms with Crippen LogP contribution >= 0.6 is 0 Å². The number of aromatic nitrogens is 2. The Bertz CT molecular complexity index is 354. The number of carbonyl (C=O) groups is 2. The van der Waals surface area contributed by atoms with Crippen LogP contribution < -0.4 is 16.4 Å². The topological polar surface area (TPSA) is 110 Å². The van der Waals surface area contributed by atoms with E-state index in [1.807, 2.05) is 0 Å². The summed E-state index contributed by atoms with van der Waals surface area (Å²) in [6.07, 6.45) is 2.99. The van der Waals surface area contributed by atoms with Crippen molar-refractivity contribution in [1.82, 2.24) is 20.6 Å². The molecule has 7 heteroatoms. The maximum Gasteiger partial charge on any atom is 0.239 e. The van der Waals surface area contributed by atoms with E-state index in [-0.39, 0.29) is 24.9 Å². The molecule has 1 aromatic heterocycles. The molecule has 0 saturated carbocycles. The first kappa shape index (κ1) is 12.1. The summed E-state index contributed by atoms with van der Waals surface area (Å²) < 4.78 is 0. The van der Waals surface area contributed by atoms with Gasteiger partial charge in [-0.25, -0.2) is 9.97 Å². The molecule has 0 unspecified atom stereocenters. The third kappa shape index (κ3) is 4.47. The van der Waals surface area contributed by atoms with Gasteiger partial charge in [-0.15, -0.1) is 0 Å². The zero-order valence-corrected chi connectivity index (χ0v) is 8.64. The lowest BCUT2D eigenvalue weighted by atomic mass is 10.4. The summed E-state index contributed by atoms with van der Waals surface area (Å²) >= 11 is 0. The van der Waals surface area contributed by atoms with Crippen LogP contribution in [0, 0.1) is 0 Å². The van der Waals surface area contributed by atoms with Gasteiger partial charge in [0.2, 0.25) is 11.8 Å². The van der Waals surface area contributed by atoms with Crippen molar-refractivity contribution in [3.63, 3.8) is 0 Å². The lowest BCUT2D eigenvalue weighted by Gasteiger charge is -2.05. The van der Waals surface area contributed by atoms with Crippen molar-refractivity contribution in [2.45, 2.75) is 6.54 Å². The maximum atomic E-state index is 11.2. The molecule has 1 aromatic rings. The fourth-order valence-corrected chi connectivity index (χ4v) is 0.925. The van der Waals surface area contributed by atoms with E-state index < -0.39 is 0 Å². The molecule has 0 bridgehead atoms. The third-order valence-electron chi connectivity index (χ3n) is 1.74. The lowest BCUT2D eigenvalue weighted by Crippen LogP contribution is -2.39. The first-order valence-electron chi connectivity index (χ1n) is 4.70. The fraction of sp³-hybridized carbons (Fsp3) is 0.333. The van der Waals surface area contributed by atoms with Gasteiger partial charge in [0.15, 0.2) is 0 Å². The van der Waals surface area contributed by atoms with Gasteiger partial charge in [0.1, 0.15) is 6.33 Å². The smallest absolute Gasteiger partial charge is 0.239 e. The molecule has 16 heavy (non-hydrogen) atoms. The predicted octanol–water partition coefficient (Wildman–Crippen LogP) is -1.83. The zero-order valence-electron chi connectivity index (χ0n) is 8.64. The molecule has 0 aliphatic heterocycles. The molecule has 0 aromatic carbocycles. The average Bonchev–Trinajstić information content (AvgIpc) is 2.34. The van der Waals surface area contributed by atoms with E-state index in [1.54, 1.807) is 12.3 Å². The SMILES string of the molecule is NCC(=O)NCC(=O)NCc1ccncn1. The van der Waals surface area contributed by atoms with Crippen molar-refractivity contribution in [1.29, 1.82) is 0 Å². The minimum Gasteiger partial charge on any atom is -0.349 e. The fourth-order valence-electron chi connectivity index (χ4n) is 0.925. The summed E-state index contributed by atoms with van der Waals surface area (Å²) in [5, 5.41) is 4.95. The van der Waals surface area contributed by atoms with Gasteiger partial charge in [-0.3, -0.25) is 9.59 Å². The summed E-state index contributed by atoms with van der Waals surface area (Å²) in [4.78, 5) is 29.7. The van der Waals surface area contributed by atoms with Crippen molar-refractivity contribution in [2.24, 2.45) is 5.73 Å². The molecule has 0 radical (unpaired) electrons. The van der Waals surface area contributed by atoms with Gasteiger partial charge in [-0.2, -0.15) is 0 Å². The number of rotatable bonds is 5. The normalized spacial score (nSPS) is 9.56. The van der Waals surface area contributed by atoms with Crippen LogP contribution in [0.5, 0.6) is 0 Å². The van der Waals surface area contributed by atoms with E-state index in [2.05, 4.69) is 20.6 Å². The van der Waals surface area contributed by atoms with Crippen LogP contribution in [0.25, 0.3) is 0 Å². The molecule has 7 nitrogen and oxygen atoms in total. The molecule has 0 aliphatic carbocycles. The van der Waals surface area contributed by atoms with Gasteiger partial charge in [0, 0.05) is 6.20 Å². The van der Waals surface area contributed by atoms with E-state index in [4.69, 9.17) is 5.73 Å². The molecule has 0 spiro atoms. The standard InChI is InChI=1S/C9H13N5O2/c10-3-8(15)13-5-9(16)12-4-7-1-2-11-6-14-7/h1-2,6H,3-5,10H2,(H,12,16)(H,13,15). The van der Waals surface area contributed by atoms with E-state index in [0.717, 1.165) is 0 Å². The first-order chi connectivity index (χ1) is 7.72. The molecule has 1 heterocycles. The minimum atomic E-state index is -0.364. The summed E-state index contributed by atoms with van der Waals surface area (Å²) in [7, 11) is 0. The highest BCUT2D eigenvalue weighted by atomic mass is 16.2. The molecule has 1 rings (SSSR count). The van der Waals surface area contributed by atoms with Crippen molar-refractivity contribution in [3.05, 3.63) is 24.3 Å². The Labute approximate surface area is 92.5 Å². The number of amides is 2. The Balaban J connectivity index is 2.23. The van der Waals surface area contributed by atoms with Crippen LogP contribution in [0.1, 0.15) is 5.69 Å². The Morgan fingerprint density at radius 1 is 1.31 bits per heavy atom. The summed E-state index contributed by atoms with van der Waals surface area (Å²) in [6.45, 7) is 0.0974. The summed E-state index contributed by atoms with van der Waals surface area (Å²) in [5.41, 5.74) is 5.76. The minimum absolute atomic E-state index is 0.0822. The van der Waals surface area contributed by atoms with E-state index in [9.17, 15) is 9.59 Å². The second kappa shape index (κ2) is 6.46. The second-order valence-electron chi connectivity index (χ2n) is 2.96. The molecule has 0 fully saturated rings. The lowest BCUT2D eigenvalue weighted by molar-refractivity contribution is -0.125. The zero-order chi connectivity index (χ0) is 11.8. The predicted molar refractivity (Wildman–Crippen MR) is 55.9 cm³/mol. The monoisotopic (exact) mass is 223 g/mol. The van der Waals surface area contributed by atoms with Crippen LogP contribution in [0.4, 0.5) is 0 Å². The molecule has 0 saturated heterocycles. The first-order valence-corrected chi connectivity index (χ1v) is 4.70. The largest absolute Gasteiger partial charge is 0.349 e. The molecular formula is C9H13N5O2. The molecule has 2 amide bonds. The van der Waals surface area contributed by atoms with Gasteiger partial charge in [0.05, 0.1) is 25.3 Å². The number of carbonyl (C=O) groups excluding carboxylic acids is 2. The van der Waals surface area contributed by atoms with Crippen molar-refractivity contribution in [3.8, 4) is 0 Å². The van der Waals surface area contributed by atoms with E-state index in [0.29, 0.717) is 12.2 Å². The maximum absolute atomic E-state index is 11.2. The van der Waals surface area contributed by atoms with Gasteiger partial charge >= 0.3 is 0 Å². The van der Waals surface area contributed by atoms with Gasteiger partial charge in [-0.05, 0) is 6.07 Å². The Morgan fingerprint density at radius 3 is 2.75 bits per heavy atom. The van der Waals surface area contributed by atoms with Crippen molar-refractivity contribution >= 4 is 11.8 Å². The van der Waals surface area contributed by atoms with Crippen LogP contribution in [0.3, 0.4) is 0 Å². The van der Waals surface area contributed by atoms with Crippen molar-refractivity contribution in [2.75, 3.05) is 13.1 Å². The molecule has 0 aliphatic rings. The average molecular weight is 223 g/mol. The Hall–Kier alpha value is -2.02. The van der Waals surface area contributed by atoms with E-state index in [1.165, 1.54) is 6.33 Å². The Morgan fingerprint density at radius 2 is 2.12 bits per heavy atom. The summed E-state index contributed by atoms with van der Waals surface area (Å²) in [5.74, 6) is -0.655. The van der Waals surface area contributed by atoms with Gasteiger partial charge < -0.3 is 16.4 Å². The van der Waals surface area contributed by atoms with Crippen LogP contribution in [-0.4, -0.2) is 34.9 Å². The second-order valence-corrected chi connectivity index (χ2v) is 2.96. The number of nitrogens with one attached hydrogen (secondary N) is 2. The van der Waals surface area contributed by atoms with Crippen LogP contribution in [0.2, 0.25) is 0 Å². The molecule has 86 valence electrons. The van der Waals surface area contributed by atoms with Gasteiger partial charge in [-0.1, -0.05) is 0 Å². The molecule has 0 atom stereocenters. The quantitative estimate of drug-likeness (QED) is 0.543. The van der Waals surface area contributed by atoms with E-state index >= 15 is 0 Å². The Kier molecular flexibility index (Phi) is 4.87. The van der Waals surface area contributed by atoms with Gasteiger partial charge in [0.25, 0.3) is 0 Å². The molecule has 4 N–H and O–H groups in total. The van der Waals surface area contributed by atoms with Crippen molar-refractivity contribution < 1.29 is 9.59 Å². The highest BCUT2D eigenvalue weighted by Gasteiger charge is 2.03. The number of nitrogens with two attached hydrogens (primary N) is 1. The number of nitrogens with zero attached hydrogens (tertiary/aromatic N) is 2. The highest BCUT2D eigenvalue weighted by Crippen LogP contribution is 1.88. The molecular weight excluding hydrogens is 210 g/mol.